The predicted molar refractivity (Wildman–Crippen MR) is 113 cm³/mol. The Balaban J connectivity index is 1.76. The molecule has 0 amide bonds. The van der Waals surface area contributed by atoms with Crippen LogP contribution in [0.5, 0.6) is 0 Å². The van der Waals surface area contributed by atoms with Gasteiger partial charge in [-0.2, -0.15) is 0 Å². The zero-order chi connectivity index (χ0) is 19.7. The molecule has 0 aliphatic carbocycles. The summed E-state index contributed by atoms with van der Waals surface area (Å²) >= 11 is 7.61. The van der Waals surface area contributed by atoms with Crippen molar-refractivity contribution in [3.05, 3.63) is 59.1 Å². The first-order valence-corrected chi connectivity index (χ1v) is 11.1. The lowest BCUT2D eigenvalue weighted by molar-refractivity contribution is 0.588. The Kier molecular flexibility index (Phi) is 8.43. The lowest BCUT2D eigenvalue weighted by Gasteiger charge is -2.12. The number of aliphatic imine (C=N–C) groups is 1. The fourth-order valence-electron chi connectivity index (χ4n) is 2.18. The summed E-state index contributed by atoms with van der Waals surface area (Å²) in [4.78, 5) is 5.60. The summed E-state index contributed by atoms with van der Waals surface area (Å²) in [6.07, 6.45) is 0. The number of thioether (sulfide) groups is 1. The molecule has 2 rings (SSSR count). The van der Waals surface area contributed by atoms with E-state index in [1.54, 1.807) is 43.1 Å². The number of benzene rings is 2. The molecule has 9 heteroatoms. The molecule has 0 saturated carbocycles. The van der Waals surface area contributed by atoms with Crippen molar-refractivity contribution < 1.29 is 8.42 Å². The molecule has 0 atom stereocenters. The molecule has 0 aliphatic heterocycles. The number of nitrogens with zero attached hydrogens (tertiary/aromatic N) is 1. The van der Waals surface area contributed by atoms with Gasteiger partial charge < -0.3 is 10.6 Å². The molecule has 0 spiro atoms. The summed E-state index contributed by atoms with van der Waals surface area (Å²) in [5, 5.41) is 7.20. The lowest BCUT2D eigenvalue weighted by Crippen LogP contribution is -2.37. The maximum absolute atomic E-state index is 11.7. The van der Waals surface area contributed by atoms with Crippen molar-refractivity contribution in [2.45, 2.75) is 16.3 Å². The van der Waals surface area contributed by atoms with Gasteiger partial charge in [0.25, 0.3) is 0 Å². The standard InChI is InChI=1S/C18H23ClN4O2S2/c1-20-18(22-11-12-26-16-7-5-15(19)6-8-16)23-13-14-3-9-17(10-4-14)27(24,25)21-2/h3-10,21H,11-13H2,1-2H3,(H2,20,22,23). The largest absolute Gasteiger partial charge is 0.356 e. The van der Waals surface area contributed by atoms with Crippen LogP contribution in [0.15, 0.2) is 63.3 Å². The maximum Gasteiger partial charge on any atom is 0.240 e. The van der Waals surface area contributed by atoms with Gasteiger partial charge in [0.1, 0.15) is 0 Å². The smallest absolute Gasteiger partial charge is 0.240 e. The van der Waals surface area contributed by atoms with Gasteiger partial charge in [0.15, 0.2) is 5.96 Å². The van der Waals surface area contributed by atoms with E-state index in [0.29, 0.717) is 12.5 Å². The number of hydrogen-bond acceptors (Lipinski definition) is 4. The Morgan fingerprint density at radius 2 is 1.74 bits per heavy atom. The first-order valence-electron chi connectivity index (χ1n) is 8.30. The minimum Gasteiger partial charge on any atom is -0.356 e. The van der Waals surface area contributed by atoms with E-state index >= 15 is 0 Å². The summed E-state index contributed by atoms with van der Waals surface area (Å²) in [5.74, 6) is 1.58. The molecule has 0 radical (unpaired) electrons. The molecule has 0 bridgehead atoms. The second-order valence-corrected chi connectivity index (χ2v) is 9.00. The number of halogens is 1. The quantitative estimate of drug-likeness (QED) is 0.261. The van der Waals surface area contributed by atoms with E-state index in [9.17, 15) is 8.42 Å². The van der Waals surface area contributed by atoms with Crippen LogP contribution >= 0.6 is 23.4 Å². The fourth-order valence-corrected chi connectivity index (χ4v) is 3.80. The summed E-state index contributed by atoms with van der Waals surface area (Å²) < 4.78 is 25.8. The molecule has 27 heavy (non-hydrogen) atoms. The van der Waals surface area contributed by atoms with E-state index in [1.807, 2.05) is 24.3 Å². The minimum absolute atomic E-state index is 0.246. The molecule has 2 aromatic carbocycles. The lowest BCUT2D eigenvalue weighted by atomic mass is 10.2. The van der Waals surface area contributed by atoms with E-state index in [0.717, 1.165) is 22.9 Å². The number of hydrogen-bond donors (Lipinski definition) is 3. The van der Waals surface area contributed by atoms with Crippen LogP contribution in [0.4, 0.5) is 0 Å². The Hall–Kier alpha value is -1.74. The number of rotatable bonds is 8. The highest BCUT2D eigenvalue weighted by atomic mass is 35.5. The van der Waals surface area contributed by atoms with Crippen LogP contribution < -0.4 is 15.4 Å². The van der Waals surface area contributed by atoms with Gasteiger partial charge in [0.2, 0.25) is 10.0 Å². The topological polar surface area (TPSA) is 82.6 Å². The average molecular weight is 427 g/mol. The van der Waals surface area contributed by atoms with Crippen molar-refractivity contribution in [3.63, 3.8) is 0 Å². The molecule has 0 saturated heterocycles. The number of nitrogens with one attached hydrogen (secondary N) is 3. The highest BCUT2D eigenvalue weighted by Crippen LogP contribution is 2.19. The van der Waals surface area contributed by atoms with Gasteiger partial charge in [0, 0.05) is 35.8 Å². The zero-order valence-electron chi connectivity index (χ0n) is 15.2. The molecule has 6 nitrogen and oxygen atoms in total. The highest BCUT2D eigenvalue weighted by Gasteiger charge is 2.10. The van der Waals surface area contributed by atoms with E-state index in [-0.39, 0.29) is 4.90 Å². The van der Waals surface area contributed by atoms with E-state index < -0.39 is 10.0 Å². The van der Waals surface area contributed by atoms with Crippen molar-refractivity contribution in [1.82, 2.24) is 15.4 Å². The van der Waals surface area contributed by atoms with E-state index in [2.05, 4.69) is 20.3 Å². The van der Waals surface area contributed by atoms with Gasteiger partial charge in [-0.15, -0.1) is 11.8 Å². The number of guanidine groups is 1. The van der Waals surface area contributed by atoms with Crippen molar-refractivity contribution in [2.24, 2.45) is 4.99 Å². The van der Waals surface area contributed by atoms with Gasteiger partial charge in [-0.25, -0.2) is 13.1 Å². The van der Waals surface area contributed by atoms with Crippen LogP contribution in [0.2, 0.25) is 5.02 Å². The molecule has 146 valence electrons. The van der Waals surface area contributed by atoms with E-state index in [1.165, 1.54) is 11.9 Å². The zero-order valence-corrected chi connectivity index (χ0v) is 17.6. The first-order chi connectivity index (χ1) is 12.9. The van der Waals surface area contributed by atoms with Gasteiger partial charge in [-0.05, 0) is 49.0 Å². The highest BCUT2D eigenvalue weighted by molar-refractivity contribution is 7.99. The monoisotopic (exact) mass is 426 g/mol. The van der Waals surface area contributed by atoms with Crippen LogP contribution in [0, 0.1) is 0 Å². The van der Waals surface area contributed by atoms with Crippen molar-refractivity contribution in [1.29, 1.82) is 0 Å². The van der Waals surface area contributed by atoms with Gasteiger partial charge in [0.05, 0.1) is 4.90 Å². The molecule has 0 heterocycles. The first kappa shape index (κ1) is 21.6. The average Bonchev–Trinajstić information content (AvgIpc) is 2.69. The van der Waals surface area contributed by atoms with Crippen molar-refractivity contribution in [3.8, 4) is 0 Å². The van der Waals surface area contributed by atoms with Crippen molar-refractivity contribution >= 4 is 39.3 Å². The summed E-state index contributed by atoms with van der Waals surface area (Å²) in [6, 6.07) is 14.5. The van der Waals surface area contributed by atoms with Crippen LogP contribution in [0.25, 0.3) is 0 Å². The van der Waals surface area contributed by atoms with Crippen LogP contribution in [0.3, 0.4) is 0 Å². The maximum atomic E-state index is 11.7. The summed E-state index contributed by atoms with van der Waals surface area (Å²) in [6.45, 7) is 1.30. The van der Waals surface area contributed by atoms with Crippen LogP contribution in [-0.2, 0) is 16.6 Å². The van der Waals surface area contributed by atoms with E-state index in [4.69, 9.17) is 11.6 Å². The van der Waals surface area contributed by atoms with Crippen LogP contribution in [-0.4, -0.2) is 40.8 Å². The minimum atomic E-state index is -3.41. The second kappa shape index (κ2) is 10.6. The van der Waals surface area contributed by atoms with Gasteiger partial charge in [-0.3, -0.25) is 4.99 Å². The molecule has 2 aromatic rings. The Morgan fingerprint density at radius 1 is 1.07 bits per heavy atom. The second-order valence-electron chi connectivity index (χ2n) is 5.51. The Morgan fingerprint density at radius 3 is 2.33 bits per heavy atom. The third kappa shape index (κ3) is 7.06. The summed E-state index contributed by atoms with van der Waals surface area (Å²) in [5.41, 5.74) is 0.962. The molecule has 0 fully saturated rings. The molecular weight excluding hydrogens is 404 g/mol. The molecule has 0 aromatic heterocycles. The third-order valence-electron chi connectivity index (χ3n) is 3.66. The fraction of sp³-hybridized carbons (Fsp3) is 0.278. The van der Waals surface area contributed by atoms with Crippen molar-refractivity contribution in [2.75, 3.05) is 26.4 Å². The Bertz CT molecular complexity index is 854. The molecule has 0 aliphatic rings. The van der Waals surface area contributed by atoms with Gasteiger partial charge >= 0.3 is 0 Å². The SMILES string of the molecule is CN=C(NCCSc1ccc(Cl)cc1)NCc1ccc(S(=O)(=O)NC)cc1. The summed E-state index contributed by atoms with van der Waals surface area (Å²) in [7, 11) is -0.300. The third-order valence-corrected chi connectivity index (χ3v) is 6.36. The molecule has 3 N–H and O–H groups in total. The molecular formula is C18H23ClN4O2S2. The number of sulfonamides is 1. The Labute approximate surface area is 169 Å². The van der Waals surface area contributed by atoms with Crippen LogP contribution in [0.1, 0.15) is 5.56 Å². The van der Waals surface area contributed by atoms with Gasteiger partial charge in [-0.1, -0.05) is 23.7 Å². The predicted octanol–water partition coefficient (Wildman–Crippen LogP) is 2.71. The normalized spacial score (nSPS) is 12.0. The molecule has 0 unspecified atom stereocenters.